The Bertz CT molecular complexity index is 271. The molecule has 1 aromatic rings. The molecule has 0 saturated heterocycles. The topological polar surface area (TPSA) is 82.2 Å². The molecule has 0 amide bonds. The number of carbonyl (C=O) groups excluding carboxylic acids is 1. The maximum atomic E-state index is 10.9. The molecule has 2 N–H and O–H groups in total. The number of hydrogen-bond acceptors (Lipinski definition) is 5. The van der Waals surface area contributed by atoms with E-state index in [1.165, 1.54) is 10.9 Å². The molecule has 0 fully saturated rings. The highest BCUT2D eigenvalue weighted by Gasteiger charge is 2.14. The summed E-state index contributed by atoms with van der Waals surface area (Å²) in [7, 11) is 0. The molecule has 0 spiro atoms. The molecule has 6 heteroatoms. The summed E-state index contributed by atoms with van der Waals surface area (Å²) >= 11 is 0. The van der Waals surface area contributed by atoms with Crippen LogP contribution in [0.4, 0.5) is 5.88 Å². The highest BCUT2D eigenvalue weighted by molar-refractivity contribution is 5.67. The van der Waals surface area contributed by atoms with E-state index in [0.29, 0.717) is 6.61 Å². The van der Waals surface area contributed by atoms with Crippen LogP contribution in [0.15, 0.2) is 10.7 Å². The summed E-state index contributed by atoms with van der Waals surface area (Å²) in [4.78, 5) is 10.9. The number of ether oxygens (including phenoxy) is 1. The van der Waals surface area contributed by atoms with Crippen LogP contribution < -0.4 is 10.4 Å². The van der Waals surface area contributed by atoms with E-state index >= 15 is 0 Å². The smallest absolute Gasteiger partial charge is 0.375 e. The molecule has 1 aromatic heterocycles. The minimum Gasteiger partial charge on any atom is -0.461 e. The Kier molecular flexibility index (Phi) is 2.62. The second-order valence-electron chi connectivity index (χ2n) is 2.11. The number of aromatic nitrogens is 2. The fourth-order valence-electron chi connectivity index (χ4n) is 0.707. The predicted octanol–water partition coefficient (Wildman–Crippen LogP) is -0.893. The fourth-order valence-corrected chi connectivity index (χ4v) is 0.707. The first-order valence-corrected chi connectivity index (χ1v) is 3.50. The summed E-state index contributed by atoms with van der Waals surface area (Å²) in [6.07, 6.45) is 1.41. The van der Waals surface area contributed by atoms with E-state index in [2.05, 4.69) is 14.5 Å². The minimum atomic E-state index is -0.365. The number of nitrogens with zero attached hydrogens (tertiary/aromatic N) is 2. The zero-order valence-electron chi connectivity index (χ0n) is 6.69. The molecule has 0 unspecified atom stereocenters. The lowest BCUT2D eigenvalue weighted by Gasteiger charge is -1.92. The normalized spacial score (nSPS) is 9.75. The number of hydrogen-bond donors (Lipinski definition) is 1. The van der Waals surface area contributed by atoms with Gasteiger partial charge in [-0.15, -0.1) is 0 Å². The Balaban J connectivity index is 2.46. The molecule has 0 aliphatic rings. The van der Waals surface area contributed by atoms with Crippen LogP contribution in [0.2, 0.25) is 0 Å². The van der Waals surface area contributed by atoms with Gasteiger partial charge in [-0.25, -0.2) is 4.79 Å². The first-order chi connectivity index (χ1) is 5.72. The second kappa shape index (κ2) is 3.70. The van der Waals surface area contributed by atoms with E-state index in [1.807, 2.05) is 0 Å². The van der Waals surface area contributed by atoms with Gasteiger partial charge in [-0.1, -0.05) is 0 Å². The van der Waals surface area contributed by atoms with E-state index in [9.17, 15) is 4.79 Å². The number of nitrogens with two attached hydrogens (primary N) is 1. The van der Waals surface area contributed by atoms with Crippen molar-refractivity contribution in [1.29, 1.82) is 0 Å². The fraction of sp³-hybridized carbons (Fsp3) is 0.500. The van der Waals surface area contributed by atoms with Gasteiger partial charge < -0.3 is 10.5 Å². The van der Waals surface area contributed by atoms with Crippen molar-refractivity contribution < 1.29 is 18.7 Å². The third-order valence-corrected chi connectivity index (χ3v) is 1.12. The van der Waals surface area contributed by atoms with Crippen molar-refractivity contribution in [3.63, 3.8) is 0 Å². The highest BCUT2D eigenvalue weighted by Crippen LogP contribution is 1.89. The van der Waals surface area contributed by atoms with Crippen molar-refractivity contribution in [2.24, 2.45) is 0 Å². The van der Waals surface area contributed by atoms with Crippen LogP contribution in [0.1, 0.15) is 6.92 Å². The van der Waals surface area contributed by atoms with Gasteiger partial charge in [0.15, 0.2) is 0 Å². The summed E-state index contributed by atoms with van der Waals surface area (Å²) in [6, 6.07) is 0. The quantitative estimate of drug-likeness (QED) is 0.472. The molecule has 1 rings (SSSR count). The molecule has 0 aliphatic heterocycles. The van der Waals surface area contributed by atoms with E-state index in [4.69, 9.17) is 5.73 Å². The van der Waals surface area contributed by atoms with Crippen LogP contribution in [-0.2, 0) is 16.1 Å². The molecule has 66 valence electrons. The van der Waals surface area contributed by atoms with Crippen LogP contribution in [0.5, 0.6) is 0 Å². The molecule has 1 heterocycles. The van der Waals surface area contributed by atoms with Crippen molar-refractivity contribution >= 4 is 11.9 Å². The lowest BCUT2D eigenvalue weighted by molar-refractivity contribution is -0.752. The summed E-state index contributed by atoms with van der Waals surface area (Å²) in [6.45, 7) is 2.11. The zero-order chi connectivity index (χ0) is 8.97. The third kappa shape index (κ3) is 2.22. The van der Waals surface area contributed by atoms with Gasteiger partial charge in [0.05, 0.1) is 6.61 Å². The molecule has 0 bridgehead atoms. The van der Waals surface area contributed by atoms with Crippen molar-refractivity contribution in [2.45, 2.75) is 13.5 Å². The molecule has 0 aliphatic carbocycles. The van der Waals surface area contributed by atoms with Gasteiger partial charge >= 0.3 is 5.97 Å². The van der Waals surface area contributed by atoms with Crippen LogP contribution in [-0.4, -0.2) is 17.8 Å². The molecular formula is C6H10N3O3+. The van der Waals surface area contributed by atoms with Crippen molar-refractivity contribution in [3.8, 4) is 0 Å². The van der Waals surface area contributed by atoms with Crippen molar-refractivity contribution in [1.82, 2.24) is 5.27 Å². The lowest BCUT2D eigenvalue weighted by atomic mass is 10.6. The largest absolute Gasteiger partial charge is 0.461 e. The van der Waals surface area contributed by atoms with Crippen LogP contribution >= 0.6 is 0 Å². The van der Waals surface area contributed by atoms with Crippen molar-refractivity contribution in [2.75, 3.05) is 12.3 Å². The summed E-state index contributed by atoms with van der Waals surface area (Å²) in [5.74, 6) is -0.199. The Morgan fingerprint density at radius 1 is 1.92 bits per heavy atom. The third-order valence-electron chi connectivity index (χ3n) is 1.12. The van der Waals surface area contributed by atoms with Gasteiger partial charge in [0.25, 0.3) is 18.6 Å². The summed E-state index contributed by atoms with van der Waals surface area (Å²) in [5.41, 5.74) is 5.23. The number of nitrogen functional groups attached to an aromatic ring is 1. The van der Waals surface area contributed by atoms with Crippen molar-refractivity contribution in [3.05, 3.63) is 6.20 Å². The van der Waals surface area contributed by atoms with E-state index < -0.39 is 0 Å². The predicted molar refractivity (Wildman–Crippen MR) is 37.7 cm³/mol. The second-order valence-corrected chi connectivity index (χ2v) is 2.11. The molecule has 0 radical (unpaired) electrons. The van der Waals surface area contributed by atoms with Gasteiger partial charge in [0.2, 0.25) is 5.27 Å². The van der Waals surface area contributed by atoms with E-state index in [1.54, 1.807) is 6.92 Å². The number of anilines is 1. The van der Waals surface area contributed by atoms with Crippen LogP contribution in [0, 0.1) is 0 Å². The molecular weight excluding hydrogens is 162 g/mol. The standard InChI is InChI=1S/C6H10N3O3/c1-2-11-6(10)4-9-3-5(7)12-8-9/h3H,2,4,7H2,1H3/q+1. The van der Waals surface area contributed by atoms with E-state index in [0.717, 1.165) is 0 Å². The zero-order valence-corrected chi connectivity index (χ0v) is 6.69. The molecule has 0 atom stereocenters. The van der Waals surface area contributed by atoms with Gasteiger partial charge in [-0.3, -0.25) is 4.52 Å². The molecule has 12 heavy (non-hydrogen) atoms. The Hall–Kier alpha value is -1.59. The first kappa shape index (κ1) is 8.51. The molecule has 0 saturated carbocycles. The SMILES string of the molecule is CCOC(=O)C[n+]1cc(N)on1. The summed E-state index contributed by atoms with van der Waals surface area (Å²) in [5, 5.41) is 3.45. The van der Waals surface area contributed by atoms with Crippen LogP contribution in [0.3, 0.4) is 0 Å². The van der Waals surface area contributed by atoms with Gasteiger partial charge in [-0.2, -0.15) is 0 Å². The van der Waals surface area contributed by atoms with E-state index in [-0.39, 0.29) is 18.4 Å². The van der Waals surface area contributed by atoms with Gasteiger partial charge in [0.1, 0.15) is 0 Å². The Morgan fingerprint density at radius 3 is 3.17 bits per heavy atom. The maximum absolute atomic E-state index is 10.9. The summed E-state index contributed by atoms with van der Waals surface area (Å²) < 4.78 is 10.5. The molecule has 0 aromatic carbocycles. The average Bonchev–Trinajstić information content (AvgIpc) is 2.36. The minimum absolute atomic E-state index is 0.0224. The van der Waals surface area contributed by atoms with Gasteiger partial charge in [0, 0.05) is 0 Å². The lowest BCUT2D eigenvalue weighted by Crippen LogP contribution is -2.39. The Morgan fingerprint density at radius 2 is 2.67 bits per heavy atom. The monoisotopic (exact) mass is 172 g/mol. The molecule has 6 nitrogen and oxygen atoms in total. The number of rotatable bonds is 3. The average molecular weight is 172 g/mol. The van der Waals surface area contributed by atoms with Crippen LogP contribution in [0.25, 0.3) is 0 Å². The van der Waals surface area contributed by atoms with Gasteiger partial charge in [-0.05, 0) is 11.6 Å². The number of carbonyl (C=O) groups is 1. The maximum Gasteiger partial charge on any atom is 0.375 e. The first-order valence-electron chi connectivity index (χ1n) is 3.50. The highest BCUT2D eigenvalue weighted by atomic mass is 16.5. The number of esters is 1. The Labute approximate surface area is 68.9 Å².